The fourth-order valence-electron chi connectivity index (χ4n) is 2.19. The largest absolute Gasteiger partial charge is 0.341 e. The molecule has 0 bridgehead atoms. The molecule has 0 aliphatic carbocycles. The second kappa shape index (κ2) is 6.25. The molecule has 1 aliphatic rings. The molecule has 3 nitrogen and oxygen atoms in total. The summed E-state index contributed by atoms with van der Waals surface area (Å²) in [6.07, 6.45) is 0. The molecule has 1 saturated heterocycles. The Morgan fingerprint density at radius 2 is 1.89 bits per heavy atom. The van der Waals surface area contributed by atoms with E-state index in [1.807, 2.05) is 53.9 Å². The van der Waals surface area contributed by atoms with Crippen molar-refractivity contribution in [2.24, 2.45) is 11.7 Å². The molecule has 2 unspecified atom stereocenters. The fraction of sp³-hybridized carbons (Fsp3) is 0.500. The monoisotopic (exact) mass is 264 g/mol. The molecule has 1 fully saturated rings. The molecule has 1 aromatic rings. The minimum atomic E-state index is -0.215. The maximum atomic E-state index is 12.3. The summed E-state index contributed by atoms with van der Waals surface area (Å²) in [6.45, 7) is 3.65. The highest BCUT2D eigenvalue weighted by Crippen LogP contribution is 2.22. The van der Waals surface area contributed by atoms with E-state index in [1.54, 1.807) is 0 Å². The van der Waals surface area contributed by atoms with Gasteiger partial charge in [0.1, 0.15) is 0 Å². The normalized spacial score (nSPS) is 19.3. The van der Waals surface area contributed by atoms with E-state index >= 15 is 0 Å². The van der Waals surface area contributed by atoms with E-state index in [2.05, 4.69) is 0 Å². The molecule has 2 N–H and O–H groups in total. The van der Waals surface area contributed by atoms with Gasteiger partial charge in [-0.3, -0.25) is 4.79 Å². The van der Waals surface area contributed by atoms with Crippen LogP contribution < -0.4 is 5.73 Å². The Kier molecular flexibility index (Phi) is 4.66. The van der Waals surface area contributed by atoms with Gasteiger partial charge >= 0.3 is 0 Å². The molecule has 1 aromatic carbocycles. The number of thioether (sulfide) groups is 1. The van der Waals surface area contributed by atoms with Crippen molar-refractivity contribution in [3.8, 4) is 0 Å². The van der Waals surface area contributed by atoms with Crippen LogP contribution in [0.5, 0.6) is 0 Å². The minimum Gasteiger partial charge on any atom is -0.341 e. The summed E-state index contributed by atoms with van der Waals surface area (Å²) >= 11 is 1.91. The van der Waals surface area contributed by atoms with E-state index in [0.717, 1.165) is 30.2 Å². The first kappa shape index (κ1) is 13.4. The van der Waals surface area contributed by atoms with Crippen molar-refractivity contribution in [2.45, 2.75) is 13.0 Å². The predicted octanol–water partition coefficient (Wildman–Crippen LogP) is 1.90. The third-order valence-corrected chi connectivity index (χ3v) is 4.38. The maximum absolute atomic E-state index is 12.3. The van der Waals surface area contributed by atoms with Crippen molar-refractivity contribution in [1.29, 1.82) is 0 Å². The first-order valence-corrected chi connectivity index (χ1v) is 7.52. The number of rotatable bonds is 3. The second-order valence-corrected chi connectivity index (χ2v) is 5.89. The molecule has 2 rings (SSSR count). The minimum absolute atomic E-state index is 0.157. The topological polar surface area (TPSA) is 46.3 Å². The summed E-state index contributed by atoms with van der Waals surface area (Å²) in [5, 5.41) is 0. The van der Waals surface area contributed by atoms with Crippen LogP contribution in [0.25, 0.3) is 0 Å². The highest BCUT2D eigenvalue weighted by Gasteiger charge is 2.27. The lowest BCUT2D eigenvalue weighted by molar-refractivity contribution is -0.135. The van der Waals surface area contributed by atoms with Gasteiger partial charge in [-0.25, -0.2) is 0 Å². The van der Waals surface area contributed by atoms with Gasteiger partial charge in [0.15, 0.2) is 0 Å². The van der Waals surface area contributed by atoms with Gasteiger partial charge < -0.3 is 10.6 Å². The van der Waals surface area contributed by atoms with E-state index in [4.69, 9.17) is 5.73 Å². The smallest absolute Gasteiger partial charge is 0.227 e. The number of carbonyl (C=O) groups excluding carboxylic acids is 1. The SMILES string of the molecule is CC(C(=O)N1CCSCC1)C(N)c1ccccc1. The molecule has 1 aliphatic heterocycles. The zero-order chi connectivity index (χ0) is 13.0. The Bertz CT molecular complexity index is 390. The van der Waals surface area contributed by atoms with Gasteiger partial charge in [-0.05, 0) is 5.56 Å². The van der Waals surface area contributed by atoms with Crippen LogP contribution in [-0.4, -0.2) is 35.4 Å². The van der Waals surface area contributed by atoms with E-state index in [9.17, 15) is 4.79 Å². The Balaban J connectivity index is 2.01. The molecule has 98 valence electrons. The van der Waals surface area contributed by atoms with E-state index in [-0.39, 0.29) is 17.9 Å². The van der Waals surface area contributed by atoms with Gasteiger partial charge in [0.05, 0.1) is 5.92 Å². The van der Waals surface area contributed by atoms with Crippen molar-refractivity contribution in [3.63, 3.8) is 0 Å². The molecule has 18 heavy (non-hydrogen) atoms. The first-order chi connectivity index (χ1) is 8.70. The molecule has 1 amide bonds. The van der Waals surface area contributed by atoms with Crippen molar-refractivity contribution in [1.82, 2.24) is 4.90 Å². The zero-order valence-corrected chi connectivity index (χ0v) is 11.5. The van der Waals surface area contributed by atoms with Crippen LogP contribution >= 0.6 is 11.8 Å². The number of amides is 1. The molecule has 1 heterocycles. The summed E-state index contributed by atoms with van der Waals surface area (Å²) in [5.41, 5.74) is 7.23. The van der Waals surface area contributed by atoms with E-state index in [1.165, 1.54) is 0 Å². The number of nitrogens with zero attached hydrogens (tertiary/aromatic N) is 1. The lowest BCUT2D eigenvalue weighted by Crippen LogP contribution is -2.43. The highest BCUT2D eigenvalue weighted by molar-refractivity contribution is 7.99. The Hall–Kier alpha value is -1.00. The molecule has 0 spiro atoms. The number of nitrogens with two attached hydrogens (primary N) is 1. The zero-order valence-electron chi connectivity index (χ0n) is 10.7. The van der Waals surface area contributed by atoms with Crippen LogP contribution in [0.4, 0.5) is 0 Å². The Morgan fingerprint density at radius 3 is 2.50 bits per heavy atom. The molecule has 4 heteroatoms. The highest BCUT2D eigenvalue weighted by atomic mass is 32.2. The van der Waals surface area contributed by atoms with E-state index in [0.29, 0.717) is 0 Å². The van der Waals surface area contributed by atoms with Crippen LogP contribution in [0.3, 0.4) is 0 Å². The quantitative estimate of drug-likeness (QED) is 0.907. The summed E-state index contributed by atoms with van der Waals surface area (Å²) < 4.78 is 0. The average molecular weight is 264 g/mol. The third kappa shape index (κ3) is 3.06. The van der Waals surface area contributed by atoms with Crippen molar-refractivity contribution >= 4 is 17.7 Å². The summed E-state index contributed by atoms with van der Waals surface area (Å²) in [5.74, 6) is 2.11. The molecular weight excluding hydrogens is 244 g/mol. The van der Waals surface area contributed by atoms with Gasteiger partial charge in [0, 0.05) is 30.6 Å². The van der Waals surface area contributed by atoms with Crippen molar-refractivity contribution in [3.05, 3.63) is 35.9 Å². The van der Waals surface area contributed by atoms with Crippen LogP contribution in [0.15, 0.2) is 30.3 Å². The molecule has 2 atom stereocenters. The maximum Gasteiger partial charge on any atom is 0.227 e. The standard InChI is InChI=1S/C14H20N2OS/c1-11(13(15)12-5-3-2-4-6-12)14(17)16-7-9-18-10-8-16/h2-6,11,13H,7-10,15H2,1H3. The summed E-state index contributed by atoms with van der Waals surface area (Å²) in [7, 11) is 0. The molecule has 0 aromatic heterocycles. The third-order valence-electron chi connectivity index (χ3n) is 3.44. The van der Waals surface area contributed by atoms with Gasteiger partial charge in [-0.15, -0.1) is 0 Å². The molecule has 0 saturated carbocycles. The first-order valence-electron chi connectivity index (χ1n) is 6.37. The number of benzene rings is 1. The molecular formula is C14H20N2OS. The van der Waals surface area contributed by atoms with Crippen LogP contribution in [0.2, 0.25) is 0 Å². The average Bonchev–Trinajstić information content (AvgIpc) is 2.47. The number of carbonyl (C=O) groups is 1. The van der Waals surface area contributed by atoms with Gasteiger partial charge in [-0.1, -0.05) is 37.3 Å². The second-order valence-electron chi connectivity index (χ2n) is 4.66. The lowest BCUT2D eigenvalue weighted by atomic mass is 9.94. The van der Waals surface area contributed by atoms with E-state index < -0.39 is 0 Å². The summed E-state index contributed by atoms with van der Waals surface area (Å²) in [4.78, 5) is 14.3. The van der Waals surface area contributed by atoms with Gasteiger partial charge in [0.25, 0.3) is 0 Å². The van der Waals surface area contributed by atoms with Crippen LogP contribution in [0, 0.1) is 5.92 Å². The van der Waals surface area contributed by atoms with Crippen molar-refractivity contribution < 1.29 is 4.79 Å². The Morgan fingerprint density at radius 1 is 1.28 bits per heavy atom. The lowest BCUT2D eigenvalue weighted by Gasteiger charge is -2.31. The van der Waals surface area contributed by atoms with Crippen LogP contribution in [0.1, 0.15) is 18.5 Å². The predicted molar refractivity (Wildman–Crippen MR) is 76.4 cm³/mol. The fourth-order valence-corrected chi connectivity index (χ4v) is 3.09. The van der Waals surface area contributed by atoms with Crippen LogP contribution in [-0.2, 0) is 4.79 Å². The van der Waals surface area contributed by atoms with Gasteiger partial charge in [0.2, 0.25) is 5.91 Å². The van der Waals surface area contributed by atoms with Gasteiger partial charge in [-0.2, -0.15) is 11.8 Å². The van der Waals surface area contributed by atoms with Crippen molar-refractivity contribution in [2.75, 3.05) is 24.6 Å². The summed E-state index contributed by atoms with van der Waals surface area (Å²) in [6, 6.07) is 9.65. The number of hydrogen-bond donors (Lipinski definition) is 1. The number of hydrogen-bond acceptors (Lipinski definition) is 3. The molecule has 0 radical (unpaired) electrons. The Labute approximate surface area is 113 Å².